The van der Waals surface area contributed by atoms with Crippen molar-refractivity contribution in [2.75, 3.05) is 0 Å². The van der Waals surface area contributed by atoms with E-state index in [1.807, 2.05) is 0 Å². The zero-order valence-corrected chi connectivity index (χ0v) is 11.8. The van der Waals surface area contributed by atoms with Crippen molar-refractivity contribution < 1.29 is 14.4 Å². The minimum Gasteiger partial charge on any atom is -0.481 e. The topological polar surface area (TPSA) is 76.2 Å². The molecular formula is C15H22N2O3. The van der Waals surface area contributed by atoms with E-state index in [0.29, 0.717) is 18.2 Å². The maximum Gasteiger partial charge on any atom is 0.306 e. The van der Waals surface area contributed by atoms with E-state index < -0.39 is 5.97 Å². The fourth-order valence-corrected chi connectivity index (χ4v) is 3.55. The Labute approximate surface area is 118 Å². The van der Waals surface area contributed by atoms with Gasteiger partial charge in [-0.15, -0.1) is 0 Å². The third-order valence-corrected chi connectivity index (χ3v) is 4.81. The molecule has 2 fully saturated rings. The Hall–Kier alpha value is -1.39. The molecule has 0 aromatic carbocycles. The van der Waals surface area contributed by atoms with Crippen molar-refractivity contribution in [3.8, 4) is 0 Å². The number of hydrogen-bond acceptors (Lipinski definition) is 4. The molecule has 2 aliphatic rings. The first kappa shape index (κ1) is 13.6. The Kier molecular flexibility index (Phi) is 4.03. The van der Waals surface area contributed by atoms with Crippen LogP contribution >= 0.6 is 0 Å². The van der Waals surface area contributed by atoms with Crippen LogP contribution in [0.3, 0.4) is 0 Å². The zero-order valence-electron chi connectivity index (χ0n) is 11.8. The summed E-state index contributed by atoms with van der Waals surface area (Å²) in [4.78, 5) is 15.6. The molecule has 1 aromatic rings. The van der Waals surface area contributed by atoms with Gasteiger partial charge in [-0.05, 0) is 32.1 Å². The van der Waals surface area contributed by atoms with Crippen LogP contribution < -0.4 is 0 Å². The average Bonchev–Trinajstić information content (AvgIpc) is 3.02. The van der Waals surface area contributed by atoms with Crippen LogP contribution in [-0.4, -0.2) is 21.2 Å². The largest absolute Gasteiger partial charge is 0.481 e. The lowest BCUT2D eigenvalue weighted by atomic mass is 10.00. The number of carbonyl (C=O) groups is 1. The second kappa shape index (κ2) is 5.94. The van der Waals surface area contributed by atoms with Gasteiger partial charge in [-0.2, -0.15) is 4.98 Å². The van der Waals surface area contributed by atoms with Crippen LogP contribution in [-0.2, 0) is 4.79 Å². The molecule has 2 aliphatic carbocycles. The van der Waals surface area contributed by atoms with Gasteiger partial charge in [0.25, 0.3) is 0 Å². The van der Waals surface area contributed by atoms with Gasteiger partial charge < -0.3 is 9.63 Å². The molecule has 0 saturated heterocycles. The summed E-state index contributed by atoms with van der Waals surface area (Å²) in [5, 5.41) is 13.2. The summed E-state index contributed by atoms with van der Waals surface area (Å²) in [6, 6.07) is 0. The van der Waals surface area contributed by atoms with Crippen LogP contribution in [0.15, 0.2) is 4.52 Å². The quantitative estimate of drug-likeness (QED) is 0.857. The summed E-state index contributed by atoms with van der Waals surface area (Å²) in [7, 11) is 0. The van der Waals surface area contributed by atoms with Gasteiger partial charge in [-0.25, -0.2) is 0 Å². The first-order chi connectivity index (χ1) is 9.74. The molecule has 5 nitrogen and oxygen atoms in total. The van der Waals surface area contributed by atoms with Crippen LogP contribution in [0.5, 0.6) is 0 Å². The van der Waals surface area contributed by atoms with E-state index in [0.717, 1.165) is 31.5 Å². The summed E-state index contributed by atoms with van der Waals surface area (Å²) in [5.74, 6) is 1.15. The second-order valence-corrected chi connectivity index (χ2v) is 6.22. The van der Waals surface area contributed by atoms with E-state index >= 15 is 0 Å². The first-order valence-corrected chi connectivity index (χ1v) is 7.80. The van der Waals surface area contributed by atoms with Gasteiger partial charge in [0.2, 0.25) is 5.89 Å². The highest BCUT2D eigenvalue weighted by molar-refractivity contribution is 5.70. The fraction of sp³-hybridized carbons (Fsp3) is 0.800. The summed E-state index contributed by atoms with van der Waals surface area (Å²) in [6.07, 6.45) is 9.64. The summed E-state index contributed by atoms with van der Waals surface area (Å²) < 4.78 is 5.42. The number of aromatic nitrogens is 2. The maximum atomic E-state index is 11.0. The number of rotatable bonds is 3. The van der Waals surface area contributed by atoms with Gasteiger partial charge in [-0.1, -0.05) is 30.8 Å². The van der Waals surface area contributed by atoms with E-state index in [4.69, 9.17) is 9.63 Å². The molecule has 20 heavy (non-hydrogen) atoms. The maximum absolute atomic E-state index is 11.0. The Morgan fingerprint density at radius 3 is 2.45 bits per heavy atom. The number of nitrogens with zero attached hydrogens (tertiary/aromatic N) is 2. The third-order valence-electron chi connectivity index (χ3n) is 4.81. The predicted molar refractivity (Wildman–Crippen MR) is 72.5 cm³/mol. The number of carboxylic acid groups (broad SMARTS) is 1. The summed E-state index contributed by atoms with van der Waals surface area (Å²) in [5.41, 5.74) is 0. The molecule has 5 heteroatoms. The van der Waals surface area contributed by atoms with Crippen molar-refractivity contribution in [2.24, 2.45) is 5.92 Å². The molecular weight excluding hydrogens is 256 g/mol. The number of aliphatic carboxylic acids is 1. The van der Waals surface area contributed by atoms with Gasteiger partial charge >= 0.3 is 5.97 Å². The molecule has 0 bridgehead atoms. The van der Waals surface area contributed by atoms with E-state index in [-0.39, 0.29) is 11.8 Å². The van der Waals surface area contributed by atoms with Gasteiger partial charge in [-0.3, -0.25) is 4.79 Å². The Balaban J connectivity index is 1.66. The molecule has 1 heterocycles. The molecule has 0 amide bonds. The molecule has 1 aromatic heterocycles. The minimum atomic E-state index is -0.698. The van der Waals surface area contributed by atoms with Crippen LogP contribution in [0.4, 0.5) is 0 Å². The predicted octanol–water partition coefficient (Wildman–Crippen LogP) is 3.48. The molecule has 3 rings (SSSR count). The van der Waals surface area contributed by atoms with Gasteiger partial charge in [0.1, 0.15) is 0 Å². The van der Waals surface area contributed by atoms with Gasteiger partial charge in [0, 0.05) is 11.8 Å². The molecule has 2 unspecified atom stereocenters. The normalized spacial score (nSPS) is 28.4. The Morgan fingerprint density at radius 1 is 1.05 bits per heavy atom. The van der Waals surface area contributed by atoms with Gasteiger partial charge in [0.15, 0.2) is 5.82 Å². The van der Waals surface area contributed by atoms with Crippen LogP contribution in [0.2, 0.25) is 0 Å². The highest BCUT2D eigenvalue weighted by atomic mass is 16.5. The first-order valence-electron chi connectivity index (χ1n) is 7.80. The third kappa shape index (κ3) is 2.86. The Bertz CT molecular complexity index is 463. The van der Waals surface area contributed by atoms with E-state index in [1.165, 1.54) is 25.7 Å². The van der Waals surface area contributed by atoms with Crippen molar-refractivity contribution in [1.82, 2.24) is 10.1 Å². The molecule has 0 aliphatic heterocycles. The number of hydrogen-bond donors (Lipinski definition) is 1. The Morgan fingerprint density at radius 2 is 1.80 bits per heavy atom. The molecule has 110 valence electrons. The van der Waals surface area contributed by atoms with E-state index in [9.17, 15) is 4.79 Å². The highest BCUT2D eigenvalue weighted by Crippen LogP contribution is 2.38. The molecule has 2 saturated carbocycles. The highest BCUT2D eigenvalue weighted by Gasteiger charge is 2.34. The van der Waals surface area contributed by atoms with Crippen molar-refractivity contribution in [1.29, 1.82) is 0 Å². The van der Waals surface area contributed by atoms with Crippen LogP contribution in [0, 0.1) is 5.92 Å². The molecule has 1 N–H and O–H groups in total. The monoisotopic (exact) mass is 278 g/mol. The lowest BCUT2D eigenvalue weighted by Crippen LogP contribution is -2.09. The molecule has 0 spiro atoms. The van der Waals surface area contributed by atoms with E-state index in [1.54, 1.807) is 0 Å². The zero-order chi connectivity index (χ0) is 13.9. The SMILES string of the molecule is O=C(O)C1CCC(c2nc(C3CCCCCC3)no2)C1. The fourth-order valence-electron chi connectivity index (χ4n) is 3.55. The smallest absolute Gasteiger partial charge is 0.306 e. The number of carboxylic acids is 1. The summed E-state index contributed by atoms with van der Waals surface area (Å²) >= 11 is 0. The molecule has 0 radical (unpaired) electrons. The van der Waals surface area contributed by atoms with Crippen molar-refractivity contribution in [2.45, 2.75) is 69.6 Å². The molecule has 2 atom stereocenters. The lowest BCUT2D eigenvalue weighted by molar-refractivity contribution is -0.141. The standard InChI is InChI=1S/C15H22N2O3/c18-15(19)12-8-7-11(9-12)14-16-13(17-20-14)10-5-3-1-2-4-6-10/h10-12H,1-9H2,(H,18,19). The van der Waals surface area contributed by atoms with E-state index in [2.05, 4.69) is 10.1 Å². The van der Waals surface area contributed by atoms with Crippen LogP contribution in [0.1, 0.15) is 81.3 Å². The second-order valence-electron chi connectivity index (χ2n) is 6.22. The van der Waals surface area contributed by atoms with Crippen molar-refractivity contribution in [3.63, 3.8) is 0 Å². The van der Waals surface area contributed by atoms with Crippen molar-refractivity contribution >= 4 is 5.97 Å². The van der Waals surface area contributed by atoms with Gasteiger partial charge in [0.05, 0.1) is 5.92 Å². The van der Waals surface area contributed by atoms with Crippen molar-refractivity contribution in [3.05, 3.63) is 11.7 Å². The lowest BCUT2D eigenvalue weighted by Gasteiger charge is -2.07. The van der Waals surface area contributed by atoms with Crippen LogP contribution in [0.25, 0.3) is 0 Å². The minimum absolute atomic E-state index is 0.142. The average molecular weight is 278 g/mol. The summed E-state index contributed by atoms with van der Waals surface area (Å²) in [6.45, 7) is 0.